The first-order valence-electron chi connectivity index (χ1n) is 8.67. The van der Waals surface area contributed by atoms with Crippen LogP contribution in [0.25, 0.3) is 0 Å². The Hall–Kier alpha value is -2.66. The van der Waals surface area contributed by atoms with Crippen molar-refractivity contribution < 1.29 is 4.79 Å². The zero-order valence-corrected chi connectivity index (χ0v) is 15.5. The normalized spacial score (nSPS) is 16.0. The van der Waals surface area contributed by atoms with Crippen molar-refractivity contribution in [1.82, 2.24) is 10.6 Å². The monoisotopic (exact) mass is 368 g/mol. The summed E-state index contributed by atoms with van der Waals surface area (Å²) in [5.41, 5.74) is 3.46. The van der Waals surface area contributed by atoms with Crippen LogP contribution in [-0.4, -0.2) is 24.1 Å². The molecule has 0 unspecified atom stereocenters. The van der Waals surface area contributed by atoms with Crippen molar-refractivity contribution >= 4 is 40.6 Å². The molecule has 134 valence electrons. The van der Waals surface area contributed by atoms with Crippen molar-refractivity contribution in [3.8, 4) is 0 Å². The highest BCUT2D eigenvalue weighted by Gasteiger charge is 2.27. The van der Waals surface area contributed by atoms with E-state index in [1.54, 1.807) is 0 Å². The minimum atomic E-state index is -0.278. The number of amides is 2. The van der Waals surface area contributed by atoms with Crippen LogP contribution < -0.4 is 10.6 Å². The molecule has 2 amide bonds. The number of aliphatic imine (C=N–C) groups is 2. The Kier molecular flexibility index (Phi) is 5.68. The lowest BCUT2D eigenvalue weighted by molar-refractivity contribution is 0.245. The number of urea groups is 1. The lowest BCUT2D eigenvalue weighted by atomic mass is 9.91. The summed E-state index contributed by atoms with van der Waals surface area (Å²) in [5.74, 6) is 0.316. The molecule has 2 aromatic carbocycles. The van der Waals surface area contributed by atoms with Gasteiger partial charge in [-0.05, 0) is 43.2 Å². The number of hydrogen-bond donors (Lipinski definition) is 2. The summed E-state index contributed by atoms with van der Waals surface area (Å²) in [6.07, 6.45) is 0.734. The number of benzene rings is 2. The average molecular weight is 369 g/mol. The van der Waals surface area contributed by atoms with Gasteiger partial charge in [0, 0.05) is 17.3 Å². The van der Waals surface area contributed by atoms with Crippen LogP contribution in [0.2, 0.25) is 5.02 Å². The highest BCUT2D eigenvalue weighted by atomic mass is 35.5. The van der Waals surface area contributed by atoms with E-state index in [9.17, 15) is 4.79 Å². The number of nitrogens with one attached hydrogen (secondary N) is 2. The van der Waals surface area contributed by atoms with Gasteiger partial charge in [0.1, 0.15) is 5.84 Å². The molecule has 0 aromatic heterocycles. The van der Waals surface area contributed by atoms with Gasteiger partial charge < -0.3 is 5.32 Å². The molecular weight excluding hydrogens is 348 g/mol. The molecule has 5 nitrogen and oxygen atoms in total. The Bertz CT molecular complexity index is 858. The summed E-state index contributed by atoms with van der Waals surface area (Å²) in [5, 5.41) is 6.34. The van der Waals surface area contributed by atoms with Gasteiger partial charge in [-0.2, -0.15) is 0 Å². The van der Waals surface area contributed by atoms with Crippen LogP contribution in [0.1, 0.15) is 31.7 Å². The number of carbonyl (C=O) groups excluding carboxylic acids is 1. The maximum Gasteiger partial charge on any atom is 0.320 e. The maximum absolute atomic E-state index is 12.2. The standard InChI is InChI=1S/C20H21ClN4O/c1-3-15-18(13-9-11-14(21)12-10-13)19(25-20(26)22-4-2)24-17-8-6-5-7-16(17)23-15/h5-12,18H,3-4H2,1-2H3,(H2,22,24,25,26)/t18-/m0/s1. The number of fused-ring (bicyclic) bond motifs is 1. The molecule has 0 bridgehead atoms. The molecule has 0 spiro atoms. The highest BCUT2D eigenvalue weighted by Crippen LogP contribution is 2.35. The Morgan fingerprint density at radius 1 is 1.04 bits per heavy atom. The smallest absolute Gasteiger partial charge is 0.320 e. The van der Waals surface area contributed by atoms with Crippen molar-refractivity contribution in [2.45, 2.75) is 26.2 Å². The van der Waals surface area contributed by atoms with Crippen molar-refractivity contribution in [3.05, 3.63) is 59.1 Å². The van der Waals surface area contributed by atoms with Gasteiger partial charge >= 0.3 is 6.03 Å². The maximum atomic E-state index is 12.2. The zero-order valence-electron chi connectivity index (χ0n) is 14.8. The lowest BCUT2D eigenvalue weighted by Crippen LogP contribution is -2.43. The van der Waals surface area contributed by atoms with E-state index in [1.807, 2.05) is 55.5 Å². The minimum Gasteiger partial charge on any atom is -0.338 e. The number of hydrogen-bond acceptors (Lipinski definition) is 3. The van der Waals surface area contributed by atoms with Crippen molar-refractivity contribution in [2.24, 2.45) is 9.98 Å². The van der Waals surface area contributed by atoms with Crippen LogP contribution in [0, 0.1) is 0 Å². The van der Waals surface area contributed by atoms with E-state index in [2.05, 4.69) is 17.6 Å². The van der Waals surface area contributed by atoms with Gasteiger partial charge in [-0.1, -0.05) is 42.8 Å². The number of halogens is 1. The van der Waals surface area contributed by atoms with Crippen molar-refractivity contribution in [1.29, 1.82) is 0 Å². The second kappa shape index (κ2) is 8.15. The number of carbonyl (C=O) groups is 1. The second-order valence-electron chi connectivity index (χ2n) is 5.91. The lowest BCUT2D eigenvalue weighted by Gasteiger charge is -2.21. The molecule has 6 heteroatoms. The quantitative estimate of drug-likeness (QED) is 0.789. The SMILES string of the molecule is CCNC(=O)NC1=Nc2ccccc2N=C(CC)[C@@H]1c1ccc(Cl)cc1. The summed E-state index contributed by atoms with van der Waals surface area (Å²) >= 11 is 6.05. The van der Waals surface area contributed by atoms with E-state index in [0.29, 0.717) is 17.4 Å². The number of amidine groups is 1. The second-order valence-corrected chi connectivity index (χ2v) is 6.35. The molecule has 1 heterocycles. The fraction of sp³-hybridized carbons (Fsp3) is 0.250. The summed E-state index contributed by atoms with van der Waals surface area (Å²) in [4.78, 5) is 21.8. The first kappa shape index (κ1) is 18.1. The molecule has 0 fully saturated rings. The molecule has 1 aliphatic heterocycles. The highest BCUT2D eigenvalue weighted by molar-refractivity contribution is 6.30. The number of para-hydroxylation sites is 2. The molecule has 0 saturated heterocycles. The van der Waals surface area contributed by atoms with Crippen LogP contribution in [0.5, 0.6) is 0 Å². The van der Waals surface area contributed by atoms with E-state index in [1.165, 1.54) is 0 Å². The minimum absolute atomic E-state index is 0.243. The summed E-state index contributed by atoms with van der Waals surface area (Å²) < 4.78 is 0. The third-order valence-electron chi connectivity index (χ3n) is 4.14. The summed E-state index contributed by atoms with van der Waals surface area (Å²) in [6.45, 7) is 4.47. The predicted octanol–water partition coefficient (Wildman–Crippen LogP) is 4.97. The van der Waals surface area contributed by atoms with Gasteiger partial charge in [0.05, 0.1) is 17.3 Å². The molecule has 1 atom stereocenters. The van der Waals surface area contributed by atoms with Crippen LogP contribution in [-0.2, 0) is 0 Å². The van der Waals surface area contributed by atoms with E-state index in [-0.39, 0.29) is 11.9 Å². The van der Waals surface area contributed by atoms with E-state index < -0.39 is 0 Å². The first-order chi connectivity index (χ1) is 12.6. The number of rotatable bonds is 3. The summed E-state index contributed by atoms with van der Waals surface area (Å²) in [6, 6.07) is 15.0. The van der Waals surface area contributed by atoms with Crippen molar-refractivity contribution in [3.63, 3.8) is 0 Å². The fourth-order valence-electron chi connectivity index (χ4n) is 2.93. The third kappa shape index (κ3) is 3.94. The van der Waals surface area contributed by atoms with Crippen LogP contribution in [0.3, 0.4) is 0 Å². The zero-order chi connectivity index (χ0) is 18.5. The van der Waals surface area contributed by atoms with Crippen LogP contribution >= 0.6 is 11.6 Å². The average Bonchev–Trinajstić information content (AvgIpc) is 2.79. The first-order valence-corrected chi connectivity index (χ1v) is 9.05. The molecule has 2 N–H and O–H groups in total. The summed E-state index contributed by atoms with van der Waals surface area (Å²) in [7, 11) is 0. The number of nitrogens with zero attached hydrogens (tertiary/aromatic N) is 2. The predicted molar refractivity (Wildman–Crippen MR) is 107 cm³/mol. The largest absolute Gasteiger partial charge is 0.338 e. The third-order valence-corrected chi connectivity index (χ3v) is 4.39. The van der Waals surface area contributed by atoms with E-state index >= 15 is 0 Å². The Balaban J connectivity index is 2.13. The topological polar surface area (TPSA) is 65.8 Å². The fourth-order valence-corrected chi connectivity index (χ4v) is 3.06. The molecule has 0 saturated carbocycles. The Morgan fingerprint density at radius 2 is 1.69 bits per heavy atom. The molecule has 26 heavy (non-hydrogen) atoms. The molecule has 3 rings (SSSR count). The van der Waals surface area contributed by atoms with E-state index in [4.69, 9.17) is 21.6 Å². The van der Waals surface area contributed by atoms with Gasteiger partial charge in [-0.25, -0.2) is 9.79 Å². The van der Waals surface area contributed by atoms with Crippen LogP contribution in [0.4, 0.5) is 16.2 Å². The van der Waals surface area contributed by atoms with Crippen LogP contribution in [0.15, 0.2) is 58.5 Å². The Morgan fingerprint density at radius 3 is 2.31 bits per heavy atom. The Labute approximate surface area is 158 Å². The van der Waals surface area contributed by atoms with Gasteiger partial charge in [0.25, 0.3) is 0 Å². The molecule has 2 aromatic rings. The van der Waals surface area contributed by atoms with Gasteiger partial charge in [-0.15, -0.1) is 0 Å². The molecule has 0 aliphatic carbocycles. The van der Waals surface area contributed by atoms with Gasteiger partial charge in [0.2, 0.25) is 0 Å². The van der Waals surface area contributed by atoms with Gasteiger partial charge in [0.15, 0.2) is 0 Å². The molecule has 0 radical (unpaired) electrons. The molecular formula is C20H21ClN4O. The van der Waals surface area contributed by atoms with E-state index in [0.717, 1.165) is 29.1 Å². The van der Waals surface area contributed by atoms with Gasteiger partial charge in [-0.3, -0.25) is 10.3 Å². The molecule has 1 aliphatic rings. The van der Waals surface area contributed by atoms with Crippen molar-refractivity contribution in [2.75, 3.05) is 6.54 Å².